The van der Waals surface area contributed by atoms with Crippen molar-refractivity contribution in [2.24, 2.45) is 17.2 Å². The number of rotatable bonds is 1. The van der Waals surface area contributed by atoms with E-state index in [0.717, 1.165) is 0 Å². The highest BCUT2D eigenvalue weighted by molar-refractivity contribution is 4.61. The molecule has 0 aliphatic carbocycles. The van der Waals surface area contributed by atoms with E-state index >= 15 is 0 Å². The zero-order chi connectivity index (χ0) is 5.15. The zero-order valence-electron chi connectivity index (χ0n) is 3.89. The van der Waals surface area contributed by atoms with E-state index < -0.39 is 0 Å². The van der Waals surface area contributed by atoms with E-state index in [2.05, 4.69) is 0 Å². The van der Waals surface area contributed by atoms with Crippen LogP contribution in [0.15, 0.2) is 0 Å². The number of hydrogen-bond acceptors (Lipinski definition) is 3. The molecule has 0 bridgehead atoms. The Bertz CT molecular complexity index is 27.0. The van der Waals surface area contributed by atoms with Crippen molar-refractivity contribution in [2.45, 2.75) is 19.1 Å². The molecule has 3 heteroatoms. The van der Waals surface area contributed by atoms with Gasteiger partial charge in [0, 0.05) is 6.04 Å². The Morgan fingerprint density at radius 2 is 1.33 bits per heavy atom. The van der Waals surface area contributed by atoms with Crippen molar-refractivity contribution in [3.8, 4) is 0 Å². The van der Waals surface area contributed by atoms with Crippen molar-refractivity contribution in [3.05, 3.63) is 0 Å². The topological polar surface area (TPSA) is 78.1 Å². The first-order valence-corrected chi connectivity index (χ1v) is 1.91. The second kappa shape index (κ2) is 2.12. The number of nitrogens with two attached hydrogens (primary N) is 3. The van der Waals surface area contributed by atoms with Crippen molar-refractivity contribution >= 4 is 0 Å². The molecule has 0 heterocycles. The minimum Gasteiger partial charge on any atom is -0.325 e. The predicted octanol–water partition coefficient (Wildman–Crippen LogP) is -1.42. The van der Waals surface area contributed by atoms with Gasteiger partial charge in [-0.25, -0.2) is 0 Å². The van der Waals surface area contributed by atoms with Crippen molar-refractivity contribution in [3.63, 3.8) is 0 Å². The van der Waals surface area contributed by atoms with Crippen LogP contribution in [-0.2, 0) is 0 Å². The Morgan fingerprint density at radius 3 is 1.33 bits per heavy atom. The van der Waals surface area contributed by atoms with E-state index in [4.69, 9.17) is 17.2 Å². The van der Waals surface area contributed by atoms with Crippen LogP contribution in [0.3, 0.4) is 0 Å². The first-order chi connectivity index (χ1) is 2.64. The minimum atomic E-state index is -0.370. The average Bonchev–Trinajstić information content (AvgIpc) is 1.36. The Morgan fingerprint density at radius 1 is 1.17 bits per heavy atom. The first kappa shape index (κ1) is 5.88. The van der Waals surface area contributed by atoms with Gasteiger partial charge in [-0.05, 0) is 6.92 Å². The smallest absolute Gasteiger partial charge is 0.0674 e. The summed E-state index contributed by atoms with van der Waals surface area (Å²) in [5.41, 5.74) is 15.4. The van der Waals surface area contributed by atoms with Crippen LogP contribution in [0.5, 0.6) is 0 Å². The van der Waals surface area contributed by atoms with Crippen LogP contribution >= 0.6 is 0 Å². The van der Waals surface area contributed by atoms with E-state index in [1.807, 2.05) is 0 Å². The molecule has 0 saturated carbocycles. The fourth-order valence-electron chi connectivity index (χ4n) is 0. The van der Waals surface area contributed by atoms with E-state index in [9.17, 15) is 0 Å². The van der Waals surface area contributed by atoms with Crippen molar-refractivity contribution in [1.29, 1.82) is 0 Å². The summed E-state index contributed by atoms with van der Waals surface area (Å²) in [5.74, 6) is 0. The highest BCUT2D eigenvalue weighted by atomic mass is 14.9. The molecule has 0 saturated heterocycles. The van der Waals surface area contributed by atoms with Crippen molar-refractivity contribution in [2.75, 3.05) is 0 Å². The fraction of sp³-hybridized carbons (Fsp3) is 1.00. The fourth-order valence-corrected chi connectivity index (χ4v) is 0. The lowest BCUT2D eigenvalue weighted by atomic mass is 10.3. The molecule has 0 spiro atoms. The lowest BCUT2D eigenvalue weighted by Crippen LogP contribution is -2.45. The van der Waals surface area contributed by atoms with E-state index in [1.165, 1.54) is 0 Å². The highest BCUT2D eigenvalue weighted by Gasteiger charge is 1.96. The van der Waals surface area contributed by atoms with Gasteiger partial charge in [-0.1, -0.05) is 0 Å². The monoisotopic (exact) mass is 89.1 g/mol. The average molecular weight is 89.1 g/mol. The predicted molar refractivity (Wildman–Crippen MR) is 25.8 cm³/mol. The molecular weight excluding hydrogens is 78.1 g/mol. The number of hydrogen-bond donors (Lipinski definition) is 3. The standard InChI is InChI=1S/C3H11N3/c1-2(4)3(5)6/h2-3H,4-6H2,1H3. The van der Waals surface area contributed by atoms with Gasteiger partial charge in [0.15, 0.2) is 0 Å². The molecule has 0 rings (SSSR count). The first-order valence-electron chi connectivity index (χ1n) is 1.91. The molecule has 0 aromatic heterocycles. The van der Waals surface area contributed by atoms with Gasteiger partial charge in [0.05, 0.1) is 6.17 Å². The molecule has 0 fully saturated rings. The van der Waals surface area contributed by atoms with E-state index in [0.29, 0.717) is 0 Å². The van der Waals surface area contributed by atoms with Crippen LogP contribution in [0.1, 0.15) is 6.92 Å². The quantitative estimate of drug-likeness (QED) is 0.345. The zero-order valence-corrected chi connectivity index (χ0v) is 3.89. The van der Waals surface area contributed by atoms with Gasteiger partial charge in [-0.2, -0.15) is 0 Å². The molecule has 0 aliphatic rings. The molecule has 0 aliphatic heterocycles. The maximum absolute atomic E-state index is 5.19. The summed E-state index contributed by atoms with van der Waals surface area (Å²) in [5, 5.41) is 0. The largest absolute Gasteiger partial charge is 0.325 e. The third-order valence-electron chi connectivity index (χ3n) is 0.607. The molecule has 6 N–H and O–H groups in total. The summed E-state index contributed by atoms with van der Waals surface area (Å²) in [6.07, 6.45) is -0.370. The van der Waals surface area contributed by atoms with Crippen LogP contribution in [0.25, 0.3) is 0 Å². The Hall–Kier alpha value is -0.120. The molecule has 6 heavy (non-hydrogen) atoms. The minimum absolute atomic E-state index is 0.0926. The van der Waals surface area contributed by atoms with Crippen LogP contribution < -0.4 is 17.2 Å². The third kappa shape index (κ3) is 2.14. The van der Waals surface area contributed by atoms with Gasteiger partial charge in [0.2, 0.25) is 0 Å². The van der Waals surface area contributed by atoms with Gasteiger partial charge >= 0.3 is 0 Å². The molecular formula is C3H11N3. The summed E-state index contributed by atoms with van der Waals surface area (Å²) in [7, 11) is 0. The summed E-state index contributed by atoms with van der Waals surface area (Å²) >= 11 is 0. The maximum Gasteiger partial charge on any atom is 0.0674 e. The molecule has 0 aromatic carbocycles. The Kier molecular flexibility index (Phi) is 2.08. The second-order valence-corrected chi connectivity index (χ2v) is 1.44. The lowest BCUT2D eigenvalue weighted by molar-refractivity contribution is 0.580. The molecule has 3 nitrogen and oxygen atoms in total. The maximum atomic E-state index is 5.19. The van der Waals surface area contributed by atoms with Crippen LogP contribution in [0.2, 0.25) is 0 Å². The SMILES string of the molecule is CC(N)C(N)N. The Balaban J connectivity index is 2.99. The molecule has 1 atom stereocenters. The van der Waals surface area contributed by atoms with Gasteiger partial charge in [0.25, 0.3) is 0 Å². The summed E-state index contributed by atoms with van der Waals surface area (Å²) in [6, 6.07) is -0.0926. The van der Waals surface area contributed by atoms with Crippen LogP contribution in [0, 0.1) is 0 Å². The van der Waals surface area contributed by atoms with Crippen LogP contribution in [-0.4, -0.2) is 12.2 Å². The molecule has 0 radical (unpaired) electrons. The van der Waals surface area contributed by atoms with Gasteiger partial charge < -0.3 is 17.2 Å². The third-order valence-corrected chi connectivity index (χ3v) is 0.607. The molecule has 38 valence electrons. The second-order valence-electron chi connectivity index (χ2n) is 1.44. The van der Waals surface area contributed by atoms with Gasteiger partial charge in [-0.3, -0.25) is 0 Å². The van der Waals surface area contributed by atoms with Crippen molar-refractivity contribution < 1.29 is 0 Å². The molecule has 0 amide bonds. The van der Waals surface area contributed by atoms with Gasteiger partial charge in [-0.15, -0.1) is 0 Å². The lowest BCUT2D eigenvalue weighted by Gasteiger charge is -2.06. The summed E-state index contributed by atoms with van der Waals surface area (Å²) in [4.78, 5) is 0. The van der Waals surface area contributed by atoms with E-state index in [1.54, 1.807) is 6.92 Å². The Labute approximate surface area is 37.5 Å². The molecule has 1 unspecified atom stereocenters. The molecule has 0 aromatic rings. The highest BCUT2D eigenvalue weighted by Crippen LogP contribution is 1.69. The summed E-state index contributed by atoms with van der Waals surface area (Å²) < 4.78 is 0. The normalized spacial score (nSPS) is 15.5. The van der Waals surface area contributed by atoms with Crippen LogP contribution in [0.4, 0.5) is 0 Å². The van der Waals surface area contributed by atoms with Crippen molar-refractivity contribution in [1.82, 2.24) is 0 Å². The van der Waals surface area contributed by atoms with E-state index in [-0.39, 0.29) is 12.2 Å². The van der Waals surface area contributed by atoms with Gasteiger partial charge in [0.1, 0.15) is 0 Å². The summed E-state index contributed by atoms with van der Waals surface area (Å²) in [6.45, 7) is 1.77.